The van der Waals surface area contributed by atoms with Crippen molar-refractivity contribution >= 4 is 22.4 Å². The Balaban J connectivity index is 1.56. The second-order valence-electron chi connectivity index (χ2n) is 5.90. The van der Waals surface area contributed by atoms with E-state index >= 15 is 0 Å². The van der Waals surface area contributed by atoms with E-state index in [9.17, 15) is 4.79 Å². The van der Waals surface area contributed by atoms with E-state index in [0.717, 1.165) is 47.6 Å². The number of benzene rings is 1. The smallest absolute Gasteiger partial charge is 0.229 e. The molecule has 1 amide bonds. The van der Waals surface area contributed by atoms with Crippen LogP contribution in [0, 0.1) is 5.92 Å². The number of thiazole rings is 1. The van der Waals surface area contributed by atoms with Gasteiger partial charge in [-0.25, -0.2) is 4.98 Å². The first-order valence-electron chi connectivity index (χ1n) is 7.84. The molecular formula is C17H18N2O2S. The molecule has 22 heavy (non-hydrogen) atoms. The zero-order valence-corrected chi connectivity index (χ0v) is 13.1. The third kappa shape index (κ3) is 2.50. The van der Waals surface area contributed by atoms with Crippen LogP contribution in [0.4, 0.5) is 5.13 Å². The molecule has 1 aliphatic heterocycles. The molecule has 0 bridgehead atoms. The van der Waals surface area contributed by atoms with E-state index in [1.807, 2.05) is 24.3 Å². The number of anilines is 1. The van der Waals surface area contributed by atoms with Gasteiger partial charge in [0.05, 0.1) is 10.6 Å². The standard InChI is InChI=1S/C17H18N2O2S/c20-16(11-6-2-1-3-7-11)19-17-18-15-12-8-4-5-9-13(12)21-10-14(15)22-17/h4-5,8-9,11H,1-3,6-7,10H2,(H,18,19,20). The van der Waals surface area contributed by atoms with Crippen LogP contribution < -0.4 is 10.1 Å². The summed E-state index contributed by atoms with van der Waals surface area (Å²) in [5.74, 6) is 1.14. The Morgan fingerprint density at radius 1 is 1.23 bits per heavy atom. The van der Waals surface area contributed by atoms with Crippen LogP contribution in [0.1, 0.15) is 37.0 Å². The number of carbonyl (C=O) groups is 1. The number of ether oxygens (including phenoxy) is 1. The van der Waals surface area contributed by atoms with Crippen LogP contribution in [0.3, 0.4) is 0 Å². The Kier molecular flexibility index (Phi) is 3.58. The number of nitrogens with one attached hydrogen (secondary N) is 1. The highest BCUT2D eigenvalue weighted by molar-refractivity contribution is 7.16. The molecule has 114 valence electrons. The van der Waals surface area contributed by atoms with Crippen LogP contribution in [-0.4, -0.2) is 10.9 Å². The highest BCUT2D eigenvalue weighted by atomic mass is 32.1. The highest BCUT2D eigenvalue weighted by Crippen LogP contribution is 2.40. The molecule has 4 nitrogen and oxygen atoms in total. The summed E-state index contributed by atoms with van der Waals surface area (Å²) in [4.78, 5) is 18.1. The molecule has 1 fully saturated rings. The molecule has 0 spiro atoms. The van der Waals surface area contributed by atoms with Gasteiger partial charge in [-0.3, -0.25) is 4.79 Å². The van der Waals surface area contributed by atoms with Crippen LogP contribution in [0.15, 0.2) is 24.3 Å². The highest BCUT2D eigenvalue weighted by Gasteiger charge is 2.25. The van der Waals surface area contributed by atoms with Gasteiger partial charge in [0.2, 0.25) is 5.91 Å². The lowest BCUT2D eigenvalue weighted by atomic mass is 9.89. The Labute approximate surface area is 133 Å². The van der Waals surface area contributed by atoms with Gasteiger partial charge in [0.15, 0.2) is 5.13 Å². The lowest BCUT2D eigenvalue weighted by molar-refractivity contribution is -0.120. The van der Waals surface area contributed by atoms with Gasteiger partial charge in [-0.15, -0.1) is 0 Å². The second kappa shape index (κ2) is 5.72. The molecule has 1 aromatic heterocycles. The molecule has 2 aliphatic rings. The summed E-state index contributed by atoms with van der Waals surface area (Å²) in [6, 6.07) is 7.91. The molecule has 1 aliphatic carbocycles. The van der Waals surface area contributed by atoms with Gasteiger partial charge < -0.3 is 10.1 Å². The van der Waals surface area contributed by atoms with Crippen molar-refractivity contribution in [2.45, 2.75) is 38.7 Å². The summed E-state index contributed by atoms with van der Waals surface area (Å²) in [6.07, 6.45) is 5.58. The molecule has 0 unspecified atom stereocenters. The van der Waals surface area contributed by atoms with Gasteiger partial charge in [0.1, 0.15) is 12.4 Å². The molecule has 0 atom stereocenters. The number of hydrogen-bond donors (Lipinski definition) is 1. The third-order valence-corrected chi connectivity index (χ3v) is 5.35. The van der Waals surface area contributed by atoms with Crippen molar-refractivity contribution in [3.05, 3.63) is 29.1 Å². The normalized spacial score (nSPS) is 17.3. The quantitative estimate of drug-likeness (QED) is 0.903. The number of aromatic nitrogens is 1. The van der Waals surface area contributed by atoms with Gasteiger partial charge >= 0.3 is 0 Å². The van der Waals surface area contributed by atoms with Gasteiger partial charge in [0.25, 0.3) is 0 Å². The predicted molar refractivity (Wildman–Crippen MR) is 87.1 cm³/mol. The molecule has 1 saturated carbocycles. The number of nitrogens with zero attached hydrogens (tertiary/aromatic N) is 1. The van der Waals surface area contributed by atoms with Crippen molar-refractivity contribution in [3.8, 4) is 17.0 Å². The predicted octanol–water partition coefficient (Wildman–Crippen LogP) is 4.22. The van der Waals surface area contributed by atoms with Crippen molar-refractivity contribution in [2.24, 2.45) is 5.92 Å². The van der Waals surface area contributed by atoms with E-state index < -0.39 is 0 Å². The summed E-state index contributed by atoms with van der Waals surface area (Å²) < 4.78 is 5.74. The van der Waals surface area contributed by atoms with Crippen molar-refractivity contribution in [2.75, 3.05) is 5.32 Å². The largest absolute Gasteiger partial charge is 0.487 e. The van der Waals surface area contributed by atoms with Gasteiger partial charge in [-0.1, -0.05) is 42.7 Å². The summed E-state index contributed by atoms with van der Waals surface area (Å²) in [6.45, 7) is 0.531. The molecule has 4 rings (SSSR count). The van der Waals surface area contributed by atoms with Gasteiger partial charge in [-0.05, 0) is 25.0 Å². The monoisotopic (exact) mass is 314 g/mol. The Bertz CT molecular complexity index is 704. The minimum atomic E-state index is 0.125. The van der Waals surface area contributed by atoms with Crippen LogP contribution in [0.25, 0.3) is 11.3 Å². The van der Waals surface area contributed by atoms with Crippen molar-refractivity contribution in [1.29, 1.82) is 0 Å². The van der Waals surface area contributed by atoms with E-state index in [4.69, 9.17) is 4.74 Å². The minimum absolute atomic E-state index is 0.125. The number of amides is 1. The van der Waals surface area contributed by atoms with Gasteiger partial charge in [0, 0.05) is 11.5 Å². The van der Waals surface area contributed by atoms with E-state index in [0.29, 0.717) is 11.7 Å². The maximum atomic E-state index is 12.4. The zero-order valence-electron chi connectivity index (χ0n) is 12.3. The third-order valence-electron chi connectivity index (χ3n) is 4.40. The second-order valence-corrected chi connectivity index (χ2v) is 6.98. The number of para-hydroxylation sites is 1. The lowest BCUT2D eigenvalue weighted by Crippen LogP contribution is -2.24. The molecule has 2 heterocycles. The van der Waals surface area contributed by atoms with Crippen LogP contribution in [0.2, 0.25) is 0 Å². The average Bonchev–Trinajstić information content (AvgIpc) is 2.98. The molecule has 1 aromatic carbocycles. The minimum Gasteiger partial charge on any atom is -0.487 e. The van der Waals surface area contributed by atoms with Crippen LogP contribution in [0.5, 0.6) is 5.75 Å². The topological polar surface area (TPSA) is 51.2 Å². The molecule has 1 N–H and O–H groups in total. The van der Waals surface area contributed by atoms with E-state index in [1.54, 1.807) is 0 Å². The first-order valence-corrected chi connectivity index (χ1v) is 8.65. The molecule has 0 radical (unpaired) electrons. The van der Waals surface area contributed by atoms with E-state index in [-0.39, 0.29) is 11.8 Å². The molecule has 0 saturated heterocycles. The molecule has 5 heteroatoms. The zero-order chi connectivity index (χ0) is 14.9. The Morgan fingerprint density at radius 3 is 2.91 bits per heavy atom. The fourth-order valence-electron chi connectivity index (χ4n) is 3.22. The van der Waals surface area contributed by atoms with E-state index in [2.05, 4.69) is 10.3 Å². The first kappa shape index (κ1) is 13.8. The lowest BCUT2D eigenvalue weighted by Gasteiger charge is -2.19. The van der Waals surface area contributed by atoms with Crippen molar-refractivity contribution in [3.63, 3.8) is 0 Å². The van der Waals surface area contributed by atoms with Crippen molar-refractivity contribution < 1.29 is 9.53 Å². The number of fused-ring (bicyclic) bond motifs is 3. The number of hydrogen-bond acceptors (Lipinski definition) is 4. The van der Waals surface area contributed by atoms with Gasteiger partial charge in [-0.2, -0.15) is 0 Å². The van der Waals surface area contributed by atoms with E-state index in [1.165, 1.54) is 17.8 Å². The molecular weight excluding hydrogens is 296 g/mol. The fraction of sp³-hybridized carbons (Fsp3) is 0.412. The summed E-state index contributed by atoms with van der Waals surface area (Å²) in [5.41, 5.74) is 1.96. The van der Waals surface area contributed by atoms with Crippen LogP contribution >= 0.6 is 11.3 Å². The number of rotatable bonds is 2. The summed E-state index contributed by atoms with van der Waals surface area (Å²) >= 11 is 1.52. The maximum absolute atomic E-state index is 12.4. The maximum Gasteiger partial charge on any atom is 0.229 e. The SMILES string of the molecule is O=C(Nc1nc2c(s1)COc1ccccc1-2)C1CCCCC1. The number of carbonyl (C=O) groups excluding carboxylic acids is 1. The Hall–Kier alpha value is -1.88. The average molecular weight is 314 g/mol. The van der Waals surface area contributed by atoms with Crippen molar-refractivity contribution in [1.82, 2.24) is 4.98 Å². The summed E-state index contributed by atoms with van der Waals surface area (Å²) in [7, 11) is 0. The fourth-order valence-corrected chi connectivity index (χ4v) is 4.11. The van der Waals surface area contributed by atoms with Crippen LogP contribution in [-0.2, 0) is 11.4 Å². The first-order chi connectivity index (χ1) is 10.8. The molecule has 2 aromatic rings. The Morgan fingerprint density at radius 2 is 2.05 bits per heavy atom. The summed E-state index contributed by atoms with van der Waals surface area (Å²) in [5, 5.41) is 3.71.